The number of hydrogen-bond acceptors (Lipinski definition) is 2. The van der Waals surface area contributed by atoms with Gasteiger partial charge in [-0.15, -0.1) is 0 Å². The van der Waals surface area contributed by atoms with E-state index in [-0.39, 0.29) is 12.4 Å². The average Bonchev–Trinajstić information content (AvgIpc) is 2.73. The van der Waals surface area contributed by atoms with Crippen LogP contribution in [0.3, 0.4) is 0 Å². The van der Waals surface area contributed by atoms with Crippen LogP contribution in [0.4, 0.5) is 0 Å². The third-order valence-electron chi connectivity index (χ3n) is 3.18. The molecule has 2 nitrogen and oxygen atoms in total. The fourth-order valence-electron chi connectivity index (χ4n) is 2.33. The van der Waals surface area contributed by atoms with Crippen molar-refractivity contribution in [1.82, 2.24) is 0 Å². The molecule has 1 aromatic rings. The van der Waals surface area contributed by atoms with Crippen LogP contribution in [0.2, 0.25) is 0 Å². The second-order valence-electron chi connectivity index (χ2n) is 4.50. The number of benzene rings is 1. The van der Waals surface area contributed by atoms with Crippen molar-refractivity contribution in [2.75, 3.05) is 6.61 Å². The monoisotopic (exact) mass is 218 g/mol. The van der Waals surface area contributed by atoms with Gasteiger partial charge in [-0.3, -0.25) is 4.79 Å². The lowest BCUT2D eigenvalue weighted by Crippen LogP contribution is -2.04. The molecule has 1 aliphatic carbocycles. The lowest BCUT2D eigenvalue weighted by molar-refractivity contribution is -0.118. The largest absolute Gasteiger partial charge is 0.396 e. The first kappa shape index (κ1) is 11.3. The summed E-state index contributed by atoms with van der Waals surface area (Å²) in [6, 6.07) is 6.41. The van der Waals surface area contributed by atoms with Gasteiger partial charge in [-0.2, -0.15) is 0 Å². The molecule has 0 saturated heterocycles. The smallest absolute Gasteiger partial charge is 0.137 e. The number of carbonyl (C=O) groups excluding carboxylic acids is 1. The Balaban J connectivity index is 1.97. The topological polar surface area (TPSA) is 37.3 Å². The first-order chi connectivity index (χ1) is 7.79. The fraction of sp³-hybridized carbons (Fsp3) is 0.500. The number of aliphatic hydroxyl groups excluding tert-OH is 1. The Morgan fingerprint density at radius 3 is 2.88 bits per heavy atom. The summed E-state index contributed by atoms with van der Waals surface area (Å²) < 4.78 is 0. The van der Waals surface area contributed by atoms with E-state index in [1.165, 1.54) is 24.0 Å². The molecule has 1 N–H and O–H groups in total. The number of fused-ring (bicyclic) bond motifs is 1. The van der Waals surface area contributed by atoms with Gasteiger partial charge in [0.15, 0.2) is 0 Å². The van der Waals surface area contributed by atoms with Crippen molar-refractivity contribution in [2.24, 2.45) is 0 Å². The zero-order valence-corrected chi connectivity index (χ0v) is 9.54. The minimum Gasteiger partial charge on any atom is -0.396 e. The molecule has 0 atom stereocenters. The highest BCUT2D eigenvalue weighted by atomic mass is 16.3. The van der Waals surface area contributed by atoms with Gasteiger partial charge in [-0.05, 0) is 42.4 Å². The predicted molar refractivity (Wildman–Crippen MR) is 63.5 cm³/mol. The molecular weight excluding hydrogens is 200 g/mol. The first-order valence-corrected chi connectivity index (χ1v) is 6.03. The van der Waals surface area contributed by atoms with Crippen molar-refractivity contribution in [3.05, 3.63) is 34.9 Å². The van der Waals surface area contributed by atoms with Crippen LogP contribution in [0, 0.1) is 0 Å². The Kier molecular flexibility index (Phi) is 3.73. The minimum absolute atomic E-state index is 0.107. The van der Waals surface area contributed by atoms with Gasteiger partial charge in [0, 0.05) is 19.4 Å². The molecule has 0 heterocycles. The van der Waals surface area contributed by atoms with Crippen LogP contribution < -0.4 is 0 Å². The summed E-state index contributed by atoms with van der Waals surface area (Å²) in [6.45, 7) is 0.107. The lowest BCUT2D eigenvalue weighted by atomic mass is 10.0. The fourth-order valence-corrected chi connectivity index (χ4v) is 2.33. The molecule has 86 valence electrons. The quantitative estimate of drug-likeness (QED) is 0.821. The van der Waals surface area contributed by atoms with Gasteiger partial charge in [0.25, 0.3) is 0 Å². The van der Waals surface area contributed by atoms with E-state index < -0.39 is 0 Å². The van der Waals surface area contributed by atoms with Gasteiger partial charge in [0.05, 0.1) is 0 Å². The van der Waals surface area contributed by atoms with E-state index in [9.17, 15) is 4.79 Å². The number of carbonyl (C=O) groups is 1. The minimum atomic E-state index is 0.107. The van der Waals surface area contributed by atoms with E-state index in [4.69, 9.17) is 5.11 Å². The van der Waals surface area contributed by atoms with Crippen LogP contribution in [0.15, 0.2) is 18.2 Å². The molecule has 1 aliphatic rings. The van der Waals surface area contributed by atoms with Gasteiger partial charge >= 0.3 is 0 Å². The van der Waals surface area contributed by atoms with Crippen LogP contribution in [0.1, 0.15) is 36.0 Å². The molecular formula is C14H18O2. The second-order valence-corrected chi connectivity index (χ2v) is 4.50. The normalized spacial score (nSPS) is 13.8. The third-order valence-corrected chi connectivity index (χ3v) is 3.18. The molecule has 0 bridgehead atoms. The maximum Gasteiger partial charge on any atom is 0.137 e. The lowest BCUT2D eigenvalue weighted by Gasteiger charge is -2.04. The van der Waals surface area contributed by atoms with E-state index in [0.29, 0.717) is 19.3 Å². The molecule has 2 rings (SSSR count). The molecule has 0 saturated carbocycles. The summed E-state index contributed by atoms with van der Waals surface area (Å²) in [5, 5.41) is 8.66. The molecule has 0 radical (unpaired) electrons. The number of ketones is 1. The van der Waals surface area contributed by atoms with E-state index in [1.807, 2.05) is 0 Å². The highest BCUT2D eigenvalue weighted by molar-refractivity contribution is 5.80. The summed E-state index contributed by atoms with van der Waals surface area (Å²) in [5.41, 5.74) is 4.00. The Morgan fingerprint density at radius 2 is 2.06 bits per heavy atom. The van der Waals surface area contributed by atoms with Crippen molar-refractivity contribution >= 4 is 5.78 Å². The van der Waals surface area contributed by atoms with Crippen molar-refractivity contribution in [3.8, 4) is 0 Å². The Labute approximate surface area is 96.3 Å². The molecule has 0 amide bonds. The molecule has 0 aliphatic heterocycles. The second kappa shape index (κ2) is 5.26. The highest BCUT2D eigenvalue weighted by Crippen LogP contribution is 2.23. The average molecular weight is 218 g/mol. The van der Waals surface area contributed by atoms with Crippen LogP contribution in [0.25, 0.3) is 0 Å². The Hall–Kier alpha value is -1.15. The maximum absolute atomic E-state index is 11.6. The van der Waals surface area contributed by atoms with Crippen molar-refractivity contribution in [1.29, 1.82) is 0 Å². The maximum atomic E-state index is 11.6. The number of hydrogen-bond donors (Lipinski definition) is 1. The zero-order chi connectivity index (χ0) is 11.4. The molecule has 0 unspecified atom stereocenters. The van der Waals surface area contributed by atoms with Crippen LogP contribution in [-0.4, -0.2) is 17.5 Å². The van der Waals surface area contributed by atoms with Crippen LogP contribution in [-0.2, 0) is 24.1 Å². The highest BCUT2D eigenvalue weighted by Gasteiger charge is 2.11. The number of aliphatic hydroxyl groups is 1. The molecule has 0 fully saturated rings. The van der Waals surface area contributed by atoms with Crippen molar-refractivity contribution < 1.29 is 9.90 Å². The summed E-state index contributed by atoms with van der Waals surface area (Å²) in [6.07, 6.45) is 5.20. The SMILES string of the molecule is O=C(CCCO)Cc1ccc2c(c1)CCC2. The number of aryl methyl sites for hydroxylation is 2. The van der Waals surface area contributed by atoms with E-state index in [2.05, 4.69) is 18.2 Å². The molecule has 2 heteroatoms. The Bertz CT molecular complexity index is 382. The van der Waals surface area contributed by atoms with E-state index in [1.54, 1.807) is 0 Å². The molecule has 1 aromatic carbocycles. The standard InChI is InChI=1S/C14H18O2/c15-8-2-5-14(16)10-11-6-7-12-3-1-4-13(12)9-11/h6-7,9,15H,1-5,8,10H2. The summed E-state index contributed by atoms with van der Waals surface area (Å²) in [5.74, 6) is 0.229. The number of Topliss-reactive ketones (excluding diaryl/α,β-unsaturated/α-hetero) is 1. The van der Waals surface area contributed by atoms with Gasteiger partial charge in [0.2, 0.25) is 0 Å². The van der Waals surface area contributed by atoms with Crippen molar-refractivity contribution in [3.63, 3.8) is 0 Å². The van der Waals surface area contributed by atoms with Gasteiger partial charge < -0.3 is 5.11 Å². The van der Waals surface area contributed by atoms with Crippen molar-refractivity contribution in [2.45, 2.75) is 38.5 Å². The summed E-state index contributed by atoms with van der Waals surface area (Å²) >= 11 is 0. The van der Waals surface area contributed by atoms with Crippen LogP contribution in [0.5, 0.6) is 0 Å². The zero-order valence-electron chi connectivity index (χ0n) is 9.54. The van der Waals surface area contributed by atoms with E-state index in [0.717, 1.165) is 12.0 Å². The third kappa shape index (κ3) is 2.70. The number of rotatable bonds is 5. The van der Waals surface area contributed by atoms with Gasteiger partial charge in [-0.1, -0.05) is 18.2 Å². The Morgan fingerprint density at radius 1 is 1.25 bits per heavy atom. The van der Waals surface area contributed by atoms with Gasteiger partial charge in [-0.25, -0.2) is 0 Å². The first-order valence-electron chi connectivity index (χ1n) is 6.03. The van der Waals surface area contributed by atoms with Crippen LogP contribution >= 0.6 is 0 Å². The van der Waals surface area contributed by atoms with E-state index >= 15 is 0 Å². The van der Waals surface area contributed by atoms with Gasteiger partial charge in [0.1, 0.15) is 5.78 Å². The molecule has 0 spiro atoms. The summed E-state index contributed by atoms with van der Waals surface area (Å²) in [4.78, 5) is 11.6. The predicted octanol–water partition coefficient (Wildman–Crippen LogP) is 2.06. The molecule has 16 heavy (non-hydrogen) atoms. The summed E-state index contributed by atoms with van der Waals surface area (Å²) in [7, 11) is 0. The molecule has 0 aromatic heterocycles.